The van der Waals surface area contributed by atoms with Crippen LogP contribution in [-0.2, 0) is 27.1 Å². The molecule has 4 rings (SSSR count). The number of ether oxygens (including phenoxy) is 2. The van der Waals surface area contributed by atoms with Crippen molar-refractivity contribution in [1.82, 2.24) is 4.90 Å². The number of rotatable bonds is 4. The molecular formula is C22H25NO4S. The molecule has 0 radical (unpaired) electrons. The summed E-state index contributed by atoms with van der Waals surface area (Å²) in [7, 11) is 0. The van der Waals surface area contributed by atoms with E-state index in [-0.39, 0.29) is 5.91 Å². The highest BCUT2D eigenvalue weighted by Crippen LogP contribution is 2.31. The average Bonchev–Trinajstić information content (AvgIpc) is 3.03. The average molecular weight is 400 g/mol. The first-order valence-corrected chi connectivity index (χ1v) is 10.8. The summed E-state index contributed by atoms with van der Waals surface area (Å²) in [5, 5.41) is 0. The fourth-order valence-electron chi connectivity index (χ4n) is 3.77. The van der Waals surface area contributed by atoms with E-state index < -0.39 is 12.1 Å². The van der Waals surface area contributed by atoms with Gasteiger partial charge < -0.3 is 14.4 Å². The lowest BCUT2D eigenvalue weighted by atomic mass is 10.1. The summed E-state index contributed by atoms with van der Waals surface area (Å²) in [4.78, 5) is 29.6. The molecule has 1 aromatic carbocycles. The summed E-state index contributed by atoms with van der Waals surface area (Å²) >= 11 is 1.52. The Balaban J connectivity index is 1.55. The van der Waals surface area contributed by atoms with E-state index in [0.29, 0.717) is 36.7 Å². The van der Waals surface area contributed by atoms with Gasteiger partial charge in [0.2, 0.25) is 6.10 Å². The molecule has 2 aromatic rings. The number of nitrogens with zero attached hydrogens (tertiary/aromatic N) is 1. The van der Waals surface area contributed by atoms with Crippen LogP contribution in [-0.4, -0.2) is 43.1 Å². The third kappa shape index (κ3) is 4.28. The highest BCUT2D eigenvalue weighted by atomic mass is 32.1. The first-order valence-electron chi connectivity index (χ1n) is 9.96. The van der Waals surface area contributed by atoms with Gasteiger partial charge in [-0.1, -0.05) is 36.8 Å². The van der Waals surface area contributed by atoms with Crippen LogP contribution in [0.5, 0.6) is 0 Å². The number of fused-ring (bicyclic) bond motifs is 1. The zero-order valence-corrected chi connectivity index (χ0v) is 16.7. The minimum absolute atomic E-state index is 0.180. The van der Waals surface area contributed by atoms with Crippen LogP contribution in [0, 0.1) is 0 Å². The van der Waals surface area contributed by atoms with E-state index in [1.54, 1.807) is 4.90 Å². The van der Waals surface area contributed by atoms with Crippen LogP contribution in [0.2, 0.25) is 0 Å². The number of thiophene rings is 1. The predicted molar refractivity (Wildman–Crippen MR) is 108 cm³/mol. The van der Waals surface area contributed by atoms with E-state index in [4.69, 9.17) is 9.47 Å². The molecule has 6 heteroatoms. The second-order valence-corrected chi connectivity index (χ2v) is 8.39. The van der Waals surface area contributed by atoms with Crippen molar-refractivity contribution in [2.24, 2.45) is 0 Å². The van der Waals surface area contributed by atoms with Crippen molar-refractivity contribution in [2.45, 2.75) is 38.2 Å². The van der Waals surface area contributed by atoms with Gasteiger partial charge in [-0.3, -0.25) is 4.79 Å². The molecule has 0 spiro atoms. The predicted octanol–water partition coefficient (Wildman–Crippen LogP) is 3.77. The van der Waals surface area contributed by atoms with Crippen LogP contribution >= 0.6 is 11.3 Å². The van der Waals surface area contributed by atoms with Gasteiger partial charge in [-0.15, -0.1) is 11.3 Å². The second-order valence-electron chi connectivity index (χ2n) is 7.25. The third-order valence-corrected chi connectivity index (χ3v) is 6.54. The molecule has 1 aliphatic carbocycles. The van der Waals surface area contributed by atoms with Crippen molar-refractivity contribution in [1.29, 1.82) is 0 Å². The number of aryl methyl sites for hydroxylation is 2. The Hall–Kier alpha value is -2.18. The van der Waals surface area contributed by atoms with Gasteiger partial charge in [0.05, 0.1) is 13.2 Å². The number of amides is 1. The number of carbonyl (C=O) groups excluding carboxylic acids is 2. The molecule has 148 valence electrons. The fourth-order valence-corrected chi connectivity index (χ4v) is 4.91. The Morgan fingerprint density at radius 2 is 1.79 bits per heavy atom. The summed E-state index contributed by atoms with van der Waals surface area (Å²) in [6, 6.07) is 11.2. The lowest BCUT2D eigenvalue weighted by Crippen LogP contribution is -2.44. The third-order valence-electron chi connectivity index (χ3n) is 5.32. The van der Waals surface area contributed by atoms with Gasteiger partial charge in [-0.2, -0.15) is 0 Å². The molecule has 28 heavy (non-hydrogen) atoms. The maximum absolute atomic E-state index is 13.1. The lowest BCUT2D eigenvalue weighted by molar-refractivity contribution is -0.145. The molecule has 0 unspecified atom stereocenters. The zero-order chi connectivity index (χ0) is 19.3. The van der Waals surface area contributed by atoms with Crippen LogP contribution in [0.4, 0.5) is 0 Å². The molecule has 1 aliphatic heterocycles. The molecule has 1 fully saturated rings. The normalized spacial score (nSPS) is 18.1. The van der Waals surface area contributed by atoms with Crippen molar-refractivity contribution in [3.8, 4) is 0 Å². The van der Waals surface area contributed by atoms with Crippen molar-refractivity contribution in [2.75, 3.05) is 26.3 Å². The van der Waals surface area contributed by atoms with Crippen molar-refractivity contribution in [3.05, 3.63) is 57.3 Å². The molecule has 2 aliphatic rings. The van der Waals surface area contributed by atoms with Crippen LogP contribution in [0.1, 0.15) is 51.0 Å². The maximum atomic E-state index is 13.1. The molecule has 1 atom stereocenters. The highest BCUT2D eigenvalue weighted by Gasteiger charge is 2.31. The van der Waals surface area contributed by atoms with Crippen LogP contribution < -0.4 is 0 Å². The summed E-state index contributed by atoms with van der Waals surface area (Å²) in [6.45, 7) is 2.07. The van der Waals surface area contributed by atoms with Gasteiger partial charge in [0.25, 0.3) is 5.91 Å². The summed E-state index contributed by atoms with van der Waals surface area (Å²) < 4.78 is 11.1. The molecule has 0 saturated carbocycles. The van der Waals surface area contributed by atoms with Crippen LogP contribution in [0.15, 0.2) is 36.4 Å². The zero-order valence-electron chi connectivity index (χ0n) is 15.9. The molecule has 0 bridgehead atoms. The van der Waals surface area contributed by atoms with E-state index >= 15 is 0 Å². The number of hydrogen-bond acceptors (Lipinski definition) is 5. The topological polar surface area (TPSA) is 55.8 Å². The minimum atomic E-state index is -0.922. The number of esters is 1. The van der Waals surface area contributed by atoms with Gasteiger partial charge in [0.15, 0.2) is 0 Å². The summed E-state index contributed by atoms with van der Waals surface area (Å²) in [5.74, 6) is -0.588. The molecule has 2 heterocycles. The maximum Gasteiger partial charge on any atom is 0.349 e. The second kappa shape index (κ2) is 8.88. The number of hydrogen-bond donors (Lipinski definition) is 0. The highest BCUT2D eigenvalue weighted by molar-refractivity contribution is 7.14. The molecule has 1 saturated heterocycles. The standard InChI is InChI=1S/C22H25NO4S/c24-21(23-11-13-26-14-12-23)20(16-7-3-1-4-8-16)27-22(25)19-15-17-9-5-2-6-10-18(17)28-19/h1,3-4,7-8,15,20H,2,5-6,9-14H2/t20-/m0/s1. The molecule has 1 aromatic heterocycles. The number of carbonyl (C=O) groups is 2. The van der Waals surface area contributed by atoms with Gasteiger partial charge in [0.1, 0.15) is 4.88 Å². The Bertz CT molecular complexity index is 803. The SMILES string of the molecule is O=C(O[C@H](C(=O)N1CCOCC1)c1ccccc1)c1cc2c(s1)CCCCC2. The number of benzene rings is 1. The van der Waals surface area contributed by atoms with Crippen molar-refractivity contribution >= 4 is 23.2 Å². The molecular weight excluding hydrogens is 374 g/mol. The van der Waals surface area contributed by atoms with Gasteiger partial charge >= 0.3 is 5.97 Å². The Labute approximate surface area is 169 Å². The first-order chi connectivity index (χ1) is 13.7. The quantitative estimate of drug-likeness (QED) is 0.580. The molecule has 1 amide bonds. The van der Waals surface area contributed by atoms with E-state index in [1.807, 2.05) is 36.4 Å². The summed E-state index contributed by atoms with van der Waals surface area (Å²) in [5.41, 5.74) is 1.97. The van der Waals surface area contributed by atoms with Crippen LogP contribution in [0.3, 0.4) is 0 Å². The monoisotopic (exact) mass is 399 g/mol. The van der Waals surface area contributed by atoms with Crippen molar-refractivity contribution < 1.29 is 19.1 Å². The van der Waals surface area contributed by atoms with Gasteiger partial charge in [0, 0.05) is 23.5 Å². The Kier molecular flexibility index (Phi) is 6.07. The van der Waals surface area contributed by atoms with Gasteiger partial charge in [-0.05, 0) is 37.3 Å². The first kappa shape index (κ1) is 19.2. The number of morpholine rings is 1. The van der Waals surface area contributed by atoms with E-state index in [0.717, 1.165) is 12.8 Å². The molecule has 5 nitrogen and oxygen atoms in total. The lowest BCUT2D eigenvalue weighted by Gasteiger charge is -2.30. The Morgan fingerprint density at radius 3 is 2.57 bits per heavy atom. The van der Waals surface area contributed by atoms with E-state index in [2.05, 4.69) is 0 Å². The minimum Gasteiger partial charge on any atom is -0.443 e. The van der Waals surface area contributed by atoms with E-state index in [1.165, 1.54) is 41.0 Å². The van der Waals surface area contributed by atoms with Gasteiger partial charge in [-0.25, -0.2) is 4.79 Å². The largest absolute Gasteiger partial charge is 0.443 e. The summed E-state index contributed by atoms with van der Waals surface area (Å²) in [6.07, 6.45) is 4.71. The van der Waals surface area contributed by atoms with E-state index in [9.17, 15) is 9.59 Å². The van der Waals surface area contributed by atoms with Crippen molar-refractivity contribution in [3.63, 3.8) is 0 Å². The molecule has 0 N–H and O–H groups in total. The fraction of sp³-hybridized carbons (Fsp3) is 0.455. The Morgan fingerprint density at radius 1 is 1.04 bits per heavy atom. The smallest absolute Gasteiger partial charge is 0.349 e. The van der Waals surface area contributed by atoms with Crippen LogP contribution in [0.25, 0.3) is 0 Å².